The third-order valence-electron chi connectivity index (χ3n) is 7.42. The minimum atomic E-state index is -1.39. The lowest BCUT2D eigenvalue weighted by Gasteiger charge is -2.31. The molecule has 0 saturated carbocycles. The molecule has 216 valence electrons. The summed E-state index contributed by atoms with van der Waals surface area (Å²) in [5, 5.41) is 15.4. The largest absolute Gasteiger partial charge is 0.497 e. The zero-order chi connectivity index (χ0) is 28.8. The van der Waals surface area contributed by atoms with Crippen molar-refractivity contribution < 1.29 is 24.1 Å². The number of aliphatic hydroxyl groups is 1. The van der Waals surface area contributed by atoms with Crippen LogP contribution in [-0.2, 0) is 16.8 Å². The average molecular weight is 548 g/mol. The highest BCUT2D eigenvalue weighted by molar-refractivity contribution is 5.75. The molecule has 40 heavy (non-hydrogen) atoms. The molecule has 0 fully saturated rings. The van der Waals surface area contributed by atoms with Gasteiger partial charge in [-0.2, -0.15) is 0 Å². The van der Waals surface area contributed by atoms with Crippen LogP contribution in [0.25, 0.3) is 0 Å². The number of methoxy groups -OCH3 is 3. The van der Waals surface area contributed by atoms with Crippen molar-refractivity contribution in [2.45, 2.75) is 70.3 Å². The second-order valence-electron chi connectivity index (χ2n) is 10.2. The molecule has 0 atom stereocenters. The van der Waals surface area contributed by atoms with Crippen molar-refractivity contribution in [1.29, 1.82) is 0 Å². The fraction of sp³-hybridized carbons (Fsp3) is 0.441. The summed E-state index contributed by atoms with van der Waals surface area (Å²) in [7, 11) is 4.92. The Morgan fingerprint density at radius 1 is 0.725 bits per heavy atom. The molecule has 0 saturated heterocycles. The molecule has 0 heterocycles. The van der Waals surface area contributed by atoms with Crippen LogP contribution in [0.2, 0.25) is 0 Å². The summed E-state index contributed by atoms with van der Waals surface area (Å²) < 4.78 is 16.4. The first-order chi connectivity index (χ1) is 19.5. The third kappa shape index (κ3) is 8.25. The van der Waals surface area contributed by atoms with Crippen LogP contribution in [-0.4, -0.2) is 38.9 Å². The van der Waals surface area contributed by atoms with Gasteiger partial charge >= 0.3 is 0 Å². The maximum absolute atomic E-state index is 12.4. The number of amides is 1. The van der Waals surface area contributed by atoms with Crippen LogP contribution in [0.3, 0.4) is 0 Å². The smallest absolute Gasteiger partial charge is 0.219 e. The van der Waals surface area contributed by atoms with E-state index < -0.39 is 5.60 Å². The van der Waals surface area contributed by atoms with Crippen LogP contribution in [0.15, 0.2) is 66.7 Å². The minimum absolute atomic E-state index is 0.139. The second kappa shape index (κ2) is 15.9. The third-order valence-corrected chi connectivity index (χ3v) is 7.42. The molecular formula is C34H45NO5. The molecule has 0 aliphatic heterocycles. The standard InChI is InChI=1S/C34H45NO5/c1-5-6-7-11-24-35-33(36)13-10-8-9-12-26-25-29(18-23-32(26)40-4)34(37,27-14-19-30(38-2)20-15-27)28-16-21-31(39-3)22-17-28/h14-23,25,37H,5-13,24H2,1-4H3,(H,35,36). The Bertz CT molecular complexity index is 1130. The first-order valence-electron chi connectivity index (χ1n) is 14.4. The number of hydrogen-bond donors (Lipinski definition) is 2. The van der Waals surface area contributed by atoms with Gasteiger partial charge < -0.3 is 24.6 Å². The van der Waals surface area contributed by atoms with Gasteiger partial charge in [-0.25, -0.2) is 0 Å². The van der Waals surface area contributed by atoms with E-state index in [4.69, 9.17) is 14.2 Å². The number of nitrogens with one attached hydrogen (secondary N) is 1. The van der Waals surface area contributed by atoms with Crippen molar-refractivity contribution in [3.8, 4) is 17.2 Å². The predicted octanol–water partition coefficient (Wildman–Crippen LogP) is 6.80. The molecule has 1 amide bonds. The van der Waals surface area contributed by atoms with E-state index in [9.17, 15) is 9.90 Å². The number of unbranched alkanes of at least 4 members (excludes halogenated alkanes) is 5. The van der Waals surface area contributed by atoms with Gasteiger partial charge in [0.15, 0.2) is 0 Å². The van der Waals surface area contributed by atoms with Crippen molar-refractivity contribution in [1.82, 2.24) is 5.32 Å². The first-order valence-corrected chi connectivity index (χ1v) is 14.4. The van der Waals surface area contributed by atoms with Crippen LogP contribution in [0.4, 0.5) is 0 Å². The molecule has 6 nitrogen and oxygen atoms in total. The van der Waals surface area contributed by atoms with Crippen LogP contribution in [0, 0.1) is 0 Å². The van der Waals surface area contributed by atoms with Gasteiger partial charge in [-0.3, -0.25) is 4.79 Å². The Morgan fingerprint density at radius 2 is 1.30 bits per heavy atom. The van der Waals surface area contributed by atoms with Crippen molar-refractivity contribution in [2.75, 3.05) is 27.9 Å². The molecule has 2 N–H and O–H groups in total. The van der Waals surface area contributed by atoms with E-state index in [1.807, 2.05) is 66.7 Å². The number of hydrogen-bond acceptors (Lipinski definition) is 5. The van der Waals surface area contributed by atoms with E-state index in [1.54, 1.807) is 21.3 Å². The summed E-state index contributed by atoms with van der Waals surface area (Å²) in [5.74, 6) is 2.38. The molecule has 6 heteroatoms. The number of ether oxygens (including phenoxy) is 3. The molecule has 0 aliphatic carbocycles. The van der Waals surface area contributed by atoms with E-state index in [0.29, 0.717) is 6.42 Å². The van der Waals surface area contributed by atoms with Crippen LogP contribution in [0.5, 0.6) is 17.2 Å². The Kier molecular flexibility index (Phi) is 12.4. The number of benzene rings is 3. The van der Waals surface area contributed by atoms with E-state index >= 15 is 0 Å². The minimum Gasteiger partial charge on any atom is -0.497 e. The maximum Gasteiger partial charge on any atom is 0.219 e. The first kappa shape index (κ1) is 31.0. The van der Waals surface area contributed by atoms with Gasteiger partial charge in [-0.15, -0.1) is 0 Å². The highest BCUT2D eigenvalue weighted by atomic mass is 16.5. The predicted molar refractivity (Wildman–Crippen MR) is 160 cm³/mol. The molecule has 0 spiro atoms. The van der Waals surface area contributed by atoms with E-state index in [0.717, 1.165) is 78.2 Å². The summed E-state index contributed by atoms with van der Waals surface area (Å²) in [5.41, 5.74) is 1.85. The second-order valence-corrected chi connectivity index (χ2v) is 10.2. The monoisotopic (exact) mass is 547 g/mol. The van der Waals surface area contributed by atoms with E-state index in [2.05, 4.69) is 12.2 Å². The van der Waals surface area contributed by atoms with Gasteiger partial charge in [0.25, 0.3) is 0 Å². The van der Waals surface area contributed by atoms with Crippen molar-refractivity contribution in [2.24, 2.45) is 0 Å². The van der Waals surface area contributed by atoms with Crippen LogP contribution < -0.4 is 19.5 Å². The maximum atomic E-state index is 12.4. The van der Waals surface area contributed by atoms with Crippen molar-refractivity contribution in [3.05, 3.63) is 89.0 Å². The van der Waals surface area contributed by atoms with Gasteiger partial charge in [0.2, 0.25) is 5.91 Å². The number of carbonyl (C=O) groups excluding carboxylic acids is 1. The Morgan fingerprint density at radius 3 is 1.85 bits per heavy atom. The van der Waals surface area contributed by atoms with E-state index in [1.165, 1.54) is 19.3 Å². The summed E-state index contributed by atoms with van der Waals surface area (Å²) in [6, 6.07) is 20.9. The van der Waals surface area contributed by atoms with Crippen LogP contribution >= 0.6 is 0 Å². The number of carbonyl (C=O) groups is 1. The zero-order valence-electron chi connectivity index (χ0n) is 24.5. The average Bonchev–Trinajstić information content (AvgIpc) is 3.00. The van der Waals surface area contributed by atoms with Gasteiger partial charge in [0.05, 0.1) is 21.3 Å². The van der Waals surface area contributed by atoms with Crippen molar-refractivity contribution in [3.63, 3.8) is 0 Å². The summed E-state index contributed by atoms with van der Waals surface area (Å²) >= 11 is 0. The fourth-order valence-corrected chi connectivity index (χ4v) is 5.01. The fourth-order valence-electron chi connectivity index (χ4n) is 5.01. The molecule has 0 aliphatic rings. The molecule has 0 bridgehead atoms. The van der Waals surface area contributed by atoms with Crippen LogP contribution in [0.1, 0.15) is 80.5 Å². The lowest BCUT2D eigenvalue weighted by Crippen LogP contribution is -2.29. The van der Waals surface area contributed by atoms with Gasteiger partial charge in [0.1, 0.15) is 22.8 Å². The normalized spacial score (nSPS) is 11.2. The summed E-state index contributed by atoms with van der Waals surface area (Å²) in [4.78, 5) is 12.1. The SMILES string of the molecule is CCCCCCNC(=O)CCCCCc1cc(C(O)(c2ccc(OC)cc2)c2ccc(OC)cc2)ccc1OC. The van der Waals surface area contributed by atoms with Gasteiger partial charge in [-0.05, 0) is 84.3 Å². The highest BCUT2D eigenvalue weighted by Crippen LogP contribution is 2.39. The Balaban J connectivity index is 1.74. The molecule has 3 aromatic carbocycles. The zero-order valence-corrected chi connectivity index (χ0v) is 24.5. The lowest BCUT2D eigenvalue weighted by molar-refractivity contribution is -0.121. The highest BCUT2D eigenvalue weighted by Gasteiger charge is 2.34. The molecule has 0 radical (unpaired) electrons. The molecule has 3 rings (SSSR count). The molecule has 3 aromatic rings. The van der Waals surface area contributed by atoms with Crippen molar-refractivity contribution >= 4 is 5.91 Å². The molecule has 0 aromatic heterocycles. The molecule has 0 unspecified atom stereocenters. The Labute approximate surface area is 239 Å². The lowest BCUT2D eigenvalue weighted by atomic mass is 9.79. The summed E-state index contributed by atoms with van der Waals surface area (Å²) in [6.07, 6.45) is 8.70. The number of aryl methyl sites for hydroxylation is 1. The van der Waals surface area contributed by atoms with Gasteiger partial charge in [-0.1, -0.05) is 62.9 Å². The Hall–Kier alpha value is -3.51. The van der Waals surface area contributed by atoms with E-state index in [-0.39, 0.29) is 5.91 Å². The molecular weight excluding hydrogens is 502 g/mol. The number of rotatable bonds is 17. The van der Waals surface area contributed by atoms with Gasteiger partial charge in [0, 0.05) is 13.0 Å². The summed E-state index contributed by atoms with van der Waals surface area (Å²) in [6.45, 7) is 2.96. The quantitative estimate of drug-likeness (QED) is 0.144. The topological polar surface area (TPSA) is 77.0 Å².